The molecule has 0 aliphatic carbocycles. The molecule has 1 N–H and O–H groups in total. The van der Waals surface area contributed by atoms with Gasteiger partial charge in [-0.3, -0.25) is 0 Å². The Labute approximate surface area is 92.6 Å². The summed E-state index contributed by atoms with van der Waals surface area (Å²) in [7, 11) is 0. The normalized spacial score (nSPS) is 12.3. The van der Waals surface area contributed by atoms with E-state index in [1.165, 1.54) is 0 Å². The largest absolute Gasteiger partial charge is 0.379 e. The fraction of sp³-hybridized carbons (Fsp3) is 0.909. The van der Waals surface area contributed by atoms with Crippen LogP contribution >= 0.6 is 0 Å². The molecule has 0 saturated heterocycles. The van der Waals surface area contributed by atoms with E-state index >= 15 is 0 Å². The van der Waals surface area contributed by atoms with Crippen LogP contribution in [0.1, 0.15) is 26.7 Å². The van der Waals surface area contributed by atoms with Crippen molar-refractivity contribution in [1.29, 1.82) is 5.26 Å². The Hall–Kier alpha value is -0.630. The number of nitriles is 1. The summed E-state index contributed by atoms with van der Waals surface area (Å²) >= 11 is 0. The maximum absolute atomic E-state index is 8.77. The monoisotopic (exact) mass is 214 g/mol. The van der Waals surface area contributed by atoms with Crippen LogP contribution < -0.4 is 5.32 Å². The molecule has 1 atom stereocenters. The van der Waals surface area contributed by atoms with Gasteiger partial charge in [0.25, 0.3) is 0 Å². The van der Waals surface area contributed by atoms with Gasteiger partial charge in [0.05, 0.1) is 25.9 Å². The lowest BCUT2D eigenvalue weighted by Crippen LogP contribution is -2.33. The third kappa shape index (κ3) is 9.67. The molecule has 0 aliphatic heterocycles. The summed E-state index contributed by atoms with van der Waals surface area (Å²) in [5.74, 6) is 0. The van der Waals surface area contributed by atoms with Crippen molar-refractivity contribution in [1.82, 2.24) is 5.32 Å². The van der Waals surface area contributed by atoms with Gasteiger partial charge in [-0.15, -0.1) is 0 Å². The van der Waals surface area contributed by atoms with Crippen LogP contribution in [0.4, 0.5) is 0 Å². The topological polar surface area (TPSA) is 54.3 Å². The number of ether oxygens (including phenoxy) is 2. The first-order valence-corrected chi connectivity index (χ1v) is 5.63. The van der Waals surface area contributed by atoms with Gasteiger partial charge in [0, 0.05) is 6.61 Å². The van der Waals surface area contributed by atoms with Crippen LogP contribution in [0.2, 0.25) is 0 Å². The Morgan fingerprint density at radius 2 is 1.87 bits per heavy atom. The van der Waals surface area contributed by atoms with Crippen LogP contribution in [-0.4, -0.2) is 39.0 Å². The molecular weight excluding hydrogens is 192 g/mol. The molecule has 4 nitrogen and oxygen atoms in total. The fourth-order valence-corrected chi connectivity index (χ4v) is 1.03. The molecule has 0 amide bonds. The van der Waals surface area contributed by atoms with Crippen LogP contribution in [0.5, 0.6) is 0 Å². The molecule has 0 saturated carbocycles. The lowest BCUT2D eigenvalue weighted by molar-refractivity contribution is 0.0441. The third-order valence-corrected chi connectivity index (χ3v) is 1.80. The molecule has 0 bridgehead atoms. The van der Waals surface area contributed by atoms with Gasteiger partial charge < -0.3 is 14.8 Å². The molecule has 4 heteroatoms. The Kier molecular flexibility index (Phi) is 11.0. The van der Waals surface area contributed by atoms with Crippen molar-refractivity contribution in [2.24, 2.45) is 0 Å². The Bertz CT molecular complexity index is 168. The second-order valence-electron chi connectivity index (χ2n) is 3.32. The highest BCUT2D eigenvalue weighted by Gasteiger charge is 2.04. The highest BCUT2D eigenvalue weighted by atomic mass is 16.5. The summed E-state index contributed by atoms with van der Waals surface area (Å²) in [6.45, 7) is 7.38. The summed E-state index contributed by atoms with van der Waals surface area (Å²) in [4.78, 5) is 0. The minimum absolute atomic E-state index is 0.198. The minimum Gasteiger partial charge on any atom is -0.379 e. The zero-order chi connectivity index (χ0) is 11.4. The van der Waals surface area contributed by atoms with E-state index in [4.69, 9.17) is 14.7 Å². The van der Waals surface area contributed by atoms with Gasteiger partial charge in [0.15, 0.2) is 0 Å². The first-order chi connectivity index (χ1) is 7.35. The number of nitrogens with one attached hydrogen (secondary N) is 1. The number of nitrogens with zero attached hydrogens (tertiary/aromatic N) is 1. The van der Waals surface area contributed by atoms with Crippen molar-refractivity contribution >= 4 is 0 Å². The summed E-state index contributed by atoms with van der Waals surface area (Å²) in [5, 5.41) is 11.9. The second-order valence-corrected chi connectivity index (χ2v) is 3.32. The van der Waals surface area contributed by atoms with Crippen molar-refractivity contribution in [2.45, 2.75) is 32.7 Å². The smallest absolute Gasteiger partial charge is 0.119 e. The molecule has 88 valence electrons. The van der Waals surface area contributed by atoms with E-state index in [0.717, 1.165) is 26.0 Å². The van der Waals surface area contributed by atoms with Crippen molar-refractivity contribution in [3.8, 4) is 6.07 Å². The zero-order valence-electron chi connectivity index (χ0n) is 9.79. The average Bonchev–Trinajstić information content (AvgIpc) is 2.27. The van der Waals surface area contributed by atoms with Gasteiger partial charge in [-0.25, -0.2) is 0 Å². The molecule has 0 spiro atoms. The SMILES string of the molecule is CCCNC(C#N)COCCOCCC. The van der Waals surface area contributed by atoms with Crippen molar-refractivity contribution in [3.05, 3.63) is 0 Å². The van der Waals surface area contributed by atoms with E-state index in [9.17, 15) is 0 Å². The standard InChI is InChI=1S/C11H22N2O2/c1-3-5-13-11(9-12)10-15-8-7-14-6-4-2/h11,13H,3-8,10H2,1-2H3. The van der Waals surface area contributed by atoms with Crippen molar-refractivity contribution < 1.29 is 9.47 Å². The summed E-state index contributed by atoms with van der Waals surface area (Å²) in [6, 6.07) is 1.96. The first-order valence-electron chi connectivity index (χ1n) is 5.63. The van der Waals surface area contributed by atoms with Crippen molar-refractivity contribution in [2.75, 3.05) is 33.0 Å². The van der Waals surface area contributed by atoms with Gasteiger partial charge in [-0.1, -0.05) is 13.8 Å². The molecule has 0 aromatic heterocycles. The van der Waals surface area contributed by atoms with Gasteiger partial charge in [-0.05, 0) is 19.4 Å². The van der Waals surface area contributed by atoms with Crippen molar-refractivity contribution in [3.63, 3.8) is 0 Å². The molecule has 0 radical (unpaired) electrons. The molecule has 0 fully saturated rings. The van der Waals surface area contributed by atoms with E-state index in [2.05, 4.69) is 25.2 Å². The maximum Gasteiger partial charge on any atom is 0.119 e. The van der Waals surface area contributed by atoms with E-state index in [1.807, 2.05) is 0 Å². The lowest BCUT2D eigenvalue weighted by atomic mass is 10.3. The average molecular weight is 214 g/mol. The maximum atomic E-state index is 8.77. The summed E-state index contributed by atoms with van der Waals surface area (Å²) in [6.07, 6.45) is 2.05. The van der Waals surface area contributed by atoms with Gasteiger partial charge >= 0.3 is 0 Å². The molecule has 0 rings (SSSR count). The van der Waals surface area contributed by atoms with Crippen LogP contribution in [0.15, 0.2) is 0 Å². The number of rotatable bonds is 10. The first kappa shape index (κ1) is 14.4. The van der Waals surface area contributed by atoms with E-state index in [0.29, 0.717) is 19.8 Å². The van der Waals surface area contributed by atoms with E-state index in [1.54, 1.807) is 0 Å². The van der Waals surface area contributed by atoms with Crippen LogP contribution in [-0.2, 0) is 9.47 Å². The Balaban J connectivity index is 3.27. The molecular formula is C11H22N2O2. The molecule has 0 aromatic rings. The zero-order valence-corrected chi connectivity index (χ0v) is 9.79. The fourth-order valence-electron chi connectivity index (χ4n) is 1.03. The van der Waals surface area contributed by atoms with E-state index < -0.39 is 0 Å². The predicted molar refractivity (Wildman–Crippen MR) is 59.6 cm³/mol. The highest BCUT2D eigenvalue weighted by Crippen LogP contribution is 1.87. The lowest BCUT2D eigenvalue weighted by Gasteiger charge is -2.11. The highest BCUT2D eigenvalue weighted by molar-refractivity contribution is 4.89. The molecule has 0 aromatic carbocycles. The number of hydrogen-bond acceptors (Lipinski definition) is 4. The van der Waals surface area contributed by atoms with Gasteiger partial charge in [0.1, 0.15) is 6.04 Å². The molecule has 0 aliphatic rings. The molecule has 1 unspecified atom stereocenters. The van der Waals surface area contributed by atoms with E-state index in [-0.39, 0.29) is 6.04 Å². The van der Waals surface area contributed by atoms with Gasteiger partial charge in [-0.2, -0.15) is 5.26 Å². The van der Waals surface area contributed by atoms with Crippen LogP contribution in [0, 0.1) is 11.3 Å². The Morgan fingerprint density at radius 3 is 2.47 bits per heavy atom. The van der Waals surface area contributed by atoms with Crippen LogP contribution in [0.25, 0.3) is 0 Å². The number of hydrogen-bond donors (Lipinski definition) is 1. The third-order valence-electron chi connectivity index (χ3n) is 1.80. The summed E-state index contributed by atoms with van der Waals surface area (Å²) < 4.78 is 10.6. The summed E-state index contributed by atoms with van der Waals surface area (Å²) in [5.41, 5.74) is 0. The quantitative estimate of drug-likeness (QED) is 0.557. The Morgan fingerprint density at radius 1 is 1.13 bits per heavy atom. The second kappa shape index (κ2) is 11.4. The molecule has 0 heterocycles. The van der Waals surface area contributed by atoms with Gasteiger partial charge in [0.2, 0.25) is 0 Å². The molecule has 15 heavy (non-hydrogen) atoms. The van der Waals surface area contributed by atoms with Crippen LogP contribution in [0.3, 0.4) is 0 Å². The minimum atomic E-state index is -0.198. The predicted octanol–water partition coefficient (Wildman–Crippen LogP) is 1.32.